The van der Waals surface area contributed by atoms with Crippen molar-refractivity contribution in [1.29, 1.82) is 0 Å². The first kappa shape index (κ1) is 21.7. The molecule has 142 valence electrons. The van der Waals surface area contributed by atoms with Gasteiger partial charge in [0.25, 0.3) is 0 Å². The Balaban J connectivity index is 2.15. The Kier molecular flexibility index (Phi) is 10.5. The summed E-state index contributed by atoms with van der Waals surface area (Å²) in [5, 5.41) is 0. The molecular weight excluding hydrogens is 343 g/mol. The first-order valence-electron chi connectivity index (χ1n) is 8.78. The van der Waals surface area contributed by atoms with Gasteiger partial charge in [-0.25, -0.2) is 0 Å². The van der Waals surface area contributed by atoms with E-state index in [1.54, 1.807) is 24.3 Å². The lowest BCUT2D eigenvalue weighted by Gasteiger charge is -2.16. The van der Waals surface area contributed by atoms with Crippen LogP contribution in [0.4, 0.5) is 0 Å². The van der Waals surface area contributed by atoms with Crippen molar-refractivity contribution in [3.05, 3.63) is 24.3 Å². The van der Waals surface area contributed by atoms with E-state index in [0.717, 1.165) is 31.4 Å². The number of hydrogen-bond acceptors (Lipinski definition) is 6. The summed E-state index contributed by atoms with van der Waals surface area (Å²) in [6.45, 7) is 6.43. The van der Waals surface area contributed by atoms with Crippen LogP contribution in [0.15, 0.2) is 24.3 Å². The lowest BCUT2D eigenvalue weighted by Crippen LogP contribution is -2.02. The van der Waals surface area contributed by atoms with Crippen molar-refractivity contribution in [3.63, 3.8) is 0 Å². The Bertz CT molecular complexity index is 533. The van der Waals surface area contributed by atoms with Crippen molar-refractivity contribution in [2.75, 3.05) is 26.0 Å². The van der Waals surface area contributed by atoms with Gasteiger partial charge in [0.1, 0.15) is 11.5 Å². The van der Waals surface area contributed by atoms with Gasteiger partial charge in [0, 0.05) is 6.92 Å². The third kappa shape index (κ3) is 9.63. The molecule has 0 aliphatic carbocycles. The minimum Gasteiger partial charge on any atom is -0.494 e. The quantitative estimate of drug-likeness (QED) is 0.214. The SMILES string of the molecule is CCOP(=O)(CCCCCCOc1ccc(OC(C)=O)cc1)OCC. The lowest BCUT2D eigenvalue weighted by molar-refractivity contribution is -0.131. The molecule has 0 atom stereocenters. The zero-order chi connectivity index (χ0) is 18.5. The molecule has 0 bridgehead atoms. The van der Waals surface area contributed by atoms with E-state index in [4.69, 9.17) is 18.5 Å². The van der Waals surface area contributed by atoms with Gasteiger partial charge in [-0.2, -0.15) is 0 Å². The molecule has 0 amide bonds. The van der Waals surface area contributed by atoms with Crippen LogP contribution in [-0.2, 0) is 18.4 Å². The average Bonchev–Trinajstić information content (AvgIpc) is 2.55. The van der Waals surface area contributed by atoms with E-state index in [1.165, 1.54) is 6.92 Å². The van der Waals surface area contributed by atoms with E-state index >= 15 is 0 Å². The van der Waals surface area contributed by atoms with E-state index in [0.29, 0.717) is 31.7 Å². The predicted molar refractivity (Wildman–Crippen MR) is 97.4 cm³/mol. The predicted octanol–water partition coefficient (Wildman–Crippen LogP) is 4.82. The number of hydrogen-bond donors (Lipinski definition) is 0. The summed E-state index contributed by atoms with van der Waals surface area (Å²) in [6.07, 6.45) is 4.14. The fraction of sp³-hybridized carbons (Fsp3) is 0.611. The van der Waals surface area contributed by atoms with Crippen molar-refractivity contribution in [1.82, 2.24) is 0 Å². The highest BCUT2D eigenvalue weighted by Gasteiger charge is 2.22. The van der Waals surface area contributed by atoms with Crippen LogP contribution in [0.1, 0.15) is 46.5 Å². The topological polar surface area (TPSA) is 71.1 Å². The standard InChI is InChI=1S/C18H29O6P/c1-4-22-25(20,23-5-2)15-9-7-6-8-14-21-17-10-12-18(13-11-17)24-16(3)19/h10-13H,4-9,14-15H2,1-3H3. The first-order valence-corrected chi connectivity index (χ1v) is 10.5. The van der Waals surface area contributed by atoms with Gasteiger partial charge >= 0.3 is 13.6 Å². The summed E-state index contributed by atoms with van der Waals surface area (Å²) < 4.78 is 33.4. The maximum Gasteiger partial charge on any atom is 0.330 e. The second kappa shape index (κ2) is 12.1. The van der Waals surface area contributed by atoms with Crippen LogP contribution in [-0.4, -0.2) is 32.0 Å². The zero-order valence-corrected chi connectivity index (χ0v) is 16.3. The van der Waals surface area contributed by atoms with Gasteiger partial charge in [0.2, 0.25) is 0 Å². The zero-order valence-electron chi connectivity index (χ0n) is 15.4. The minimum atomic E-state index is -2.90. The third-order valence-electron chi connectivity index (χ3n) is 3.33. The van der Waals surface area contributed by atoms with Gasteiger partial charge in [-0.15, -0.1) is 0 Å². The van der Waals surface area contributed by atoms with Crippen LogP contribution in [0, 0.1) is 0 Å². The molecule has 1 rings (SSSR count). The Morgan fingerprint density at radius 2 is 1.48 bits per heavy atom. The van der Waals surface area contributed by atoms with Gasteiger partial charge in [-0.3, -0.25) is 9.36 Å². The summed E-state index contributed by atoms with van der Waals surface area (Å²) in [5.41, 5.74) is 0. The van der Waals surface area contributed by atoms with Crippen LogP contribution < -0.4 is 9.47 Å². The van der Waals surface area contributed by atoms with Crippen LogP contribution >= 0.6 is 7.60 Å². The number of esters is 1. The van der Waals surface area contributed by atoms with Crippen molar-refractivity contribution < 1.29 is 27.9 Å². The molecule has 7 heteroatoms. The van der Waals surface area contributed by atoms with Crippen LogP contribution in [0.25, 0.3) is 0 Å². The van der Waals surface area contributed by atoms with Gasteiger partial charge < -0.3 is 18.5 Å². The largest absolute Gasteiger partial charge is 0.494 e. The number of unbranched alkanes of at least 4 members (excludes halogenated alkanes) is 3. The Morgan fingerprint density at radius 3 is 2.04 bits per heavy atom. The normalized spacial score (nSPS) is 11.3. The van der Waals surface area contributed by atoms with Crippen molar-refractivity contribution in [3.8, 4) is 11.5 Å². The minimum absolute atomic E-state index is 0.341. The lowest BCUT2D eigenvalue weighted by atomic mass is 10.2. The first-order chi connectivity index (χ1) is 12.0. The van der Waals surface area contributed by atoms with Gasteiger partial charge in [0.15, 0.2) is 0 Å². The molecule has 0 unspecified atom stereocenters. The van der Waals surface area contributed by atoms with E-state index in [9.17, 15) is 9.36 Å². The van der Waals surface area contributed by atoms with Crippen molar-refractivity contribution in [2.24, 2.45) is 0 Å². The summed E-state index contributed by atoms with van der Waals surface area (Å²) in [6, 6.07) is 6.96. The monoisotopic (exact) mass is 372 g/mol. The van der Waals surface area contributed by atoms with Gasteiger partial charge in [0.05, 0.1) is 26.0 Å². The Morgan fingerprint density at radius 1 is 0.920 bits per heavy atom. The van der Waals surface area contributed by atoms with Crippen LogP contribution in [0.2, 0.25) is 0 Å². The second-order valence-electron chi connectivity index (χ2n) is 5.50. The maximum absolute atomic E-state index is 12.3. The molecule has 0 saturated carbocycles. The molecule has 0 spiro atoms. The number of ether oxygens (including phenoxy) is 2. The molecule has 0 fully saturated rings. The van der Waals surface area contributed by atoms with E-state index in [2.05, 4.69) is 0 Å². The van der Waals surface area contributed by atoms with E-state index in [1.807, 2.05) is 13.8 Å². The summed E-state index contributed by atoms with van der Waals surface area (Å²) in [7, 11) is -2.90. The highest BCUT2D eigenvalue weighted by Crippen LogP contribution is 2.48. The van der Waals surface area contributed by atoms with Gasteiger partial charge in [-0.1, -0.05) is 12.8 Å². The average molecular weight is 372 g/mol. The number of rotatable bonds is 13. The second-order valence-corrected chi connectivity index (χ2v) is 7.68. The molecule has 1 aromatic carbocycles. The number of carbonyl (C=O) groups excluding carboxylic acids is 1. The number of benzene rings is 1. The van der Waals surface area contributed by atoms with Gasteiger partial charge in [-0.05, 0) is 51.0 Å². The molecule has 0 radical (unpaired) electrons. The molecule has 0 N–H and O–H groups in total. The molecule has 0 aromatic heterocycles. The summed E-state index contributed by atoms with van der Waals surface area (Å²) in [4.78, 5) is 10.8. The molecule has 0 heterocycles. The van der Waals surface area contributed by atoms with E-state index < -0.39 is 7.60 Å². The smallest absolute Gasteiger partial charge is 0.330 e. The highest BCUT2D eigenvalue weighted by molar-refractivity contribution is 7.53. The molecular formula is C18H29O6P. The summed E-state index contributed by atoms with van der Waals surface area (Å²) >= 11 is 0. The molecule has 0 aliphatic rings. The highest BCUT2D eigenvalue weighted by atomic mass is 31.2. The molecule has 0 aliphatic heterocycles. The maximum atomic E-state index is 12.3. The fourth-order valence-corrected chi connectivity index (χ4v) is 4.01. The Labute approximate surface area is 150 Å². The molecule has 25 heavy (non-hydrogen) atoms. The summed E-state index contributed by atoms with van der Waals surface area (Å²) in [5.74, 6) is 0.910. The number of carbonyl (C=O) groups is 1. The molecule has 0 saturated heterocycles. The van der Waals surface area contributed by atoms with Crippen LogP contribution in [0.5, 0.6) is 11.5 Å². The van der Waals surface area contributed by atoms with E-state index in [-0.39, 0.29) is 5.97 Å². The van der Waals surface area contributed by atoms with Crippen molar-refractivity contribution >= 4 is 13.6 Å². The van der Waals surface area contributed by atoms with Crippen molar-refractivity contribution in [2.45, 2.75) is 46.5 Å². The molecule has 1 aromatic rings. The third-order valence-corrected chi connectivity index (χ3v) is 5.50. The van der Waals surface area contributed by atoms with Crippen LogP contribution in [0.3, 0.4) is 0 Å². The fourth-order valence-electron chi connectivity index (χ4n) is 2.28. The Hall–Kier alpha value is -1.36. The molecule has 6 nitrogen and oxygen atoms in total.